The largest absolute Gasteiger partial charge is 0.508 e. The Bertz CT molecular complexity index is 490. The molecular formula is C12H14F3NO4. The van der Waals surface area contributed by atoms with Gasteiger partial charge in [-0.15, -0.1) is 0 Å². The topological polar surface area (TPSA) is 81.0 Å². The number of aromatic hydroxyl groups is 2. The molecule has 0 radical (unpaired) electrons. The zero-order chi connectivity index (χ0) is 15.5. The van der Waals surface area contributed by atoms with Crippen molar-refractivity contribution in [3.05, 3.63) is 23.8 Å². The van der Waals surface area contributed by atoms with Crippen LogP contribution < -0.4 is 0 Å². The standard InChI is InChI=1S/C12H14F3NO4/c1-7(9-4-8(17)2-3-10(9)18)16(5-11(19)20)6-12(13,14)15/h2-4,7,17-18H,5-6H2,1H3,(H,19,20). The molecule has 3 N–H and O–H groups in total. The van der Waals surface area contributed by atoms with Crippen molar-refractivity contribution in [2.75, 3.05) is 13.1 Å². The summed E-state index contributed by atoms with van der Waals surface area (Å²) < 4.78 is 37.4. The lowest BCUT2D eigenvalue weighted by Crippen LogP contribution is -2.39. The Morgan fingerprint density at radius 3 is 2.45 bits per heavy atom. The first kappa shape index (κ1) is 16.1. The summed E-state index contributed by atoms with van der Waals surface area (Å²) in [5.74, 6) is -1.96. The van der Waals surface area contributed by atoms with Crippen LogP contribution >= 0.6 is 0 Å². The van der Waals surface area contributed by atoms with Gasteiger partial charge >= 0.3 is 12.1 Å². The number of carboxylic acid groups (broad SMARTS) is 1. The Morgan fingerprint density at radius 1 is 1.35 bits per heavy atom. The van der Waals surface area contributed by atoms with E-state index < -0.39 is 31.3 Å². The molecule has 0 aromatic heterocycles. The molecule has 0 fully saturated rings. The van der Waals surface area contributed by atoms with E-state index in [0.717, 1.165) is 12.1 Å². The fourth-order valence-electron chi connectivity index (χ4n) is 1.81. The predicted octanol–water partition coefficient (Wildman–Crippen LogP) is 2.11. The maximum atomic E-state index is 12.5. The molecule has 112 valence electrons. The lowest BCUT2D eigenvalue weighted by Gasteiger charge is -2.29. The summed E-state index contributed by atoms with van der Waals surface area (Å²) in [5, 5.41) is 27.6. The van der Waals surface area contributed by atoms with Gasteiger partial charge in [0, 0.05) is 11.6 Å². The molecule has 5 nitrogen and oxygen atoms in total. The first-order chi connectivity index (χ1) is 9.10. The van der Waals surface area contributed by atoms with Crippen LogP contribution in [0.15, 0.2) is 18.2 Å². The van der Waals surface area contributed by atoms with Crippen LogP contribution in [0, 0.1) is 0 Å². The Labute approximate surface area is 112 Å². The Kier molecular flexibility index (Phi) is 4.83. The number of halogens is 3. The Morgan fingerprint density at radius 2 is 1.95 bits per heavy atom. The predicted molar refractivity (Wildman–Crippen MR) is 63.5 cm³/mol. The number of benzene rings is 1. The minimum absolute atomic E-state index is 0.0236. The molecule has 1 aromatic carbocycles. The molecule has 0 saturated heterocycles. The first-order valence-corrected chi connectivity index (χ1v) is 5.64. The third-order valence-electron chi connectivity index (χ3n) is 2.73. The number of hydrogen-bond acceptors (Lipinski definition) is 4. The summed E-state index contributed by atoms with van der Waals surface area (Å²) in [7, 11) is 0. The fourth-order valence-corrected chi connectivity index (χ4v) is 1.81. The highest BCUT2D eigenvalue weighted by molar-refractivity contribution is 5.69. The van der Waals surface area contributed by atoms with E-state index in [2.05, 4.69) is 0 Å². The van der Waals surface area contributed by atoms with Gasteiger partial charge in [0.05, 0.1) is 13.1 Å². The van der Waals surface area contributed by atoms with E-state index in [0.29, 0.717) is 4.90 Å². The summed E-state index contributed by atoms with van der Waals surface area (Å²) in [6.07, 6.45) is -4.57. The van der Waals surface area contributed by atoms with Gasteiger partial charge in [-0.2, -0.15) is 13.2 Å². The number of nitrogens with zero attached hydrogens (tertiary/aromatic N) is 1. The number of carbonyl (C=O) groups is 1. The van der Waals surface area contributed by atoms with Crippen LogP contribution in [0.2, 0.25) is 0 Å². The zero-order valence-corrected chi connectivity index (χ0v) is 10.6. The molecule has 0 aliphatic rings. The van der Waals surface area contributed by atoms with Gasteiger partial charge in [-0.05, 0) is 25.1 Å². The quantitative estimate of drug-likeness (QED) is 0.724. The third-order valence-corrected chi connectivity index (χ3v) is 2.73. The Balaban J connectivity index is 3.05. The molecule has 0 spiro atoms. The SMILES string of the molecule is CC(c1cc(O)ccc1O)N(CC(=O)O)CC(F)(F)F. The minimum Gasteiger partial charge on any atom is -0.508 e. The van der Waals surface area contributed by atoms with E-state index in [1.165, 1.54) is 13.0 Å². The summed E-state index contributed by atoms with van der Waals surface area (Å²) in [6.45, 7) is -0.950. The van der Waals surface area contributed by atoms with Crippen molar-refractivity contribution < 1.29 is 33.3 Å². The van der Waals surface area contributed by atoms with Gasteiger partial charge in [-0.1, -0.05) is 0 Å². The van der Waals surface area contributed by atoms with Gasteiger partial charge < -0.3 is 15.3 Å². The van der Waals surface area contributed by atoms with Crippen molar-refractivity contribution in [2.24, 2.45) is 0 Å². The van der Waals surface area contributed by atoms with Crippen molar-refractivity contribution in [3.8, 4) is 11.5 Å². The zero-order valence-electron chi connectivity index (χ0n) is 10.6. The van der Waals surface area contributed by atoms with Crippen LogP contribution in [0.1, 0.15) is 18.5 Å². The number of phenols is 2. The van der Waals surface area contributed by atoms with E-state index in [4.69, 9.17) is 5.11 Å². The average molecular weight is 293 g/mol. The molecule has 0 amide bonds. The first-order valence-electron chi connectivity index (χ1n) is 5.64. The summed E-state index contributed by atoms with van der Waals surface area (Å²) >= 11 is 0. The molecule has 1 unspecified atom stereocenters. The Hall–Kier alpha value is -1.96. The van der Waals surface area contributed by atoms with Gasteiger partial charge in [0.25, 0.3) is 0 Å². The second-order valence-electron chi connectivity index (χ2n) is 4.33. The van der Waals surface area contributed by atoms with E-state index in [9.17, 15) is 28.2 Å². The van der Waals surface area contributed by atoms with Crippen molar-refractivity contribution in [3.63, 3.8) is 0 Å². The molecule has 8 heteroatoms. The molecule has 0 aliphatic heterocycles. The molecule has 20 heavy (non-hydrogen) atoms. The molecule has 1 rings (SSSR count). The van der Waals surface area contributed by atoms with Crippen molar-refractivity contribution >= 4 is 5.97 Å². The molecular weight excluding hydrogens is 279 g/mol. The van der Waals surface area contributed by atoms with E-state index in [1.54, 1.807) is 0 Å². The number of alkyl halides is 3. The molecule has 1 atom stereocenters. The lowest BCUT2D eigenvalue weighted by molar-refractivity contribution is -0.158. The highest BCUT2D eigenvalue weighted by Gasteiger charge is 2.34. The van der Waals surface area contributed by atoms with Gasteiger partial charge in [-0.25, -0.2) is 0 Å². The smallest absolute Gasteiger partial charge is 0.401 e. The number of rotatable bonds is 5. The highest BCUT2D eigenvalue weighted by atomic mass is 19.4. The summed E-state index contributed by atoms with van der Waals surface area (Å²) in [6, 6.07) is 2.38. The second-order valence-corrected chi connectivity index (χ2v) is 4.33. The number of aliphatic carboxylic acids is 1. The van der Waals surface area contributed by atoms with Crippen LogP contribution in [0.5, 0.6) is 11.5 Å². The minimum atomic E-state index is -4.57. The average Bonchev–Trinajstić information content (AvgIpc) is 2.28. The fraction of sp³-hybridized carbons (Fsp3) is 0.417. The van der Waals surface area contributed by atoms with Gasteiger partial charge in [0.2, 0.25) is 0 Å². The molecule has 1 aromatic rings. The van der Waals surface area contributed by atoms with Crippen LogP contribution in [-0.4, -0.2) is 45.5 Å². The maximum absolute atomic E-state index is 12.5. The van der Waals surface area contributed by atoms with Crippen LogP contribution in [-0.2, 0) is 4.79 Å². The highest BCUT2D eigenvalue weighted by Crippen LogP contribution is 2.32. The maximum Gasteiger partial charge on any atom is 0.401 e. The molecule has 0 bridgehead atoms. The summed E-state index contributed by atoms with van der Waals surface area (Å²) in [5.41, 5.74) is 0.0236. The van der Waals surface area contributed by atoms with Gasteiger partial charge in [0.1, 0.15) is 11.5 Å². The second kappa shape index (κ2) is 6.00. The molecule has 0 saturated carbocycles. The number of carboxylic acids is 1. The summed E-state index contributed by atoms with van der Waals surface area (Å²) in [4.78, 5) is 11.3. The van der Waals surface area contributed by atoms with Crippen LogP contribution in [0.4, 0.5) is 13.2 Å². The van der Waals surface area contributed by atoms with Gasteiger partial charge in [-0.3, -0.25) is 9.69 Å². The lowest BCUT2D eigenvalue weighted by atomic mass is 10.0. The number of phenolic OH excluding ortho intramolecular Hbond substituents is 2. The van der Waals surface area contributed by atoms with Crippen molar-refractivity contribution in [1.82, 2.24) is 4.90 Å². The van der Waals surface area contributed by atoms with Crippen molar-refractivity contribution in [1.29, 1.82) is 0 Å². The normalized spacial score (nSPS) is 13.4. The monoisotopic (exact) mass is 293 g/mol. The van der Waals surface area contributed by atoms with E-state index in [1.807, 2.05) is 0 Å². The van der Waals surface area contributed by atoms with Gasteiger partial charge in [0.15, 0.2) is 0 Å². The van der Waals surface area contributed by atoms with E-state index in [-0.39, 0.29) is 17.1 Å². The molecule has 0 aliphatic carbocycles. The molecule has 0 heterocycles. The number of hydrogen-bond donors (Lipinski definition) is 3. The van der Waals surface area contributed by atoms with E-state index >= 15 is 0 Å². The van der Waals surface area contributed by atoms with Crippen molar-refractivity contribution in [2.45, 2.75) is 19.1 Å². The third kappa shape index (κ3) is 4.61. The van der Waals surface area contributed by atoms with Crippen LogP contribution in [0.3, 0.4) is 0 Å². The van der Waals surface area contributed by atoms with Crippen LogP contribution in [0.25, 0.3) is 0 Å².